The minimum absolute atomic E-state index is 0.179. The predicted molar refractivity (Wildman–Crippen MR) is 85.6 cm³/mol. The van der Waals surface area contributed by atoms with Gasteiger partial charge in [0.25, 0.3) is 5.89 Å². The van der Waals surface area contributed by atoms with Crippen molar-refractivity contribution in [1.29, 1.82) is 0 Å². The summed E-state index contributed by atoms with van der Waals surface area (Å²) in [6.45, 7) is 3.05. The zero-order valence-electron chi connectivity index (χ0n) is 11.5. The maximum absolute atomic E-state index is 6.20. The van der Waals surface area contributed by atoms with Crippen LogP contribution in [0.3, 0.4) is 0 Å². The lowest BCUT2D eigenvalue weighted by molar-refractivity contribution is 0.306. The number of hydrogen-bond acceptors (Lipinski definition) is 7. The number of nitrogens with zero attached hydrogens (tertiary/aromatic N) is 3. The summed E-state index contributed by atoms with van der Waals surface area (Å²) >= 11 is 3.40. The molecule has 1 unspecified atom stereocenters. The van der Waals surface area contributed by atoms with Gasteiger partial charge in [-0.15, -0.1) is 22.7 Å². The van der Waals surface area contributed by atoms with E-state index < -0.39 is 0 Å². The second-order valence-corrected chi connectivity index (χ2v) is 7.36. The third kappa shape index (κ3) is 2.62. The molecule has 1 fully saturated rings. The first kappa shape index (κ1) is 13.4. The van der Waals surface area contributed by atoms with Gasteiger partial charge in [0.2, 0.25) is 0 Å². The fourth-order valence-electron chi connectivity index (χ4n) is 2.68. The van der Waals surface area contributed by atoms with E-state index in [4.69, 9.17) is 10.3 Å². The van der Waals surface area contributed by atoms with Crippen LogP contribution in [0.25, 0.3) is 20.2 Å². The normalized spacial score (nSPS) is 17.8. The second kappa shape index (κ2) is 5.49. The lowest BCUT2D eigenvalue weighted by Gasteiger charge is -2.17. The van der Waals surface area contributed by atoms with Gasteiger partial charge in [-0.3, -0.25) is 0 Å². The number of aromatic nitrogens is 2. The third-order valence-electron chi connectivity index (χ3n) is 3.78. The highest BCUT2D eigenvalue weighted by atomic mass is 32.1. The molecule has 110 valence electrons. The summed E-state index contributed by atoms with van der Waals surface area (Å²) in [4.78, 5) is 7.86. The first-order chi connectivity index (χ1) is 10.3. The van der Waals surface area contributed by atoms with Gasteiger partial charge in [0.15, 0.2) is 5.82 Å². The predicted octanol–water partition coefficient (Wildman–Crippen LogP) is 3.11. The monoisotopic (exact) mass is 320 g/mol. The van der Waals surface area contributed by atoms with Gasteiger partial charge in [-0.2, -0.15) is 4.98 Å². The average Bonchev–Trinajstić information content (AvgIpc) is 3.22. The van der Waals surface area contributed by atoms with Crippen LogP contribution in [0.5, 0.6) is 0 Å². The second-order valence-electron chi connectivity index (χ2n) is 5.33. The van der Waals surface area contributed by atoms with Crippen LogP contribution in [0, 0.1) is 0 Å². The van der Waals surface area contributed by atoms with Gasteiger partial charge in [-0.05, 0) is 43.4 Å². The van der Waals surface area contributed by atoms with E-state index in [1.807, 2.05) is 0 Å². The number of fused-ring (bicyclic) bond motifs is 1. The van der Waals surface area contributed by atoms with Crippen molar-refractivity contribution in [2.75, 3.05) is 19.6 Å². The van der Waals surface area contributed by atoms with Crippen LogP contribution < -0.4 is 5.73 Å². The van der Waals surface area contributed by atoms with Crippen molar-refractivity contribution < 1.29 is 4.52 Å². The quantitative estimate of drug-likeness (QED) is 0.800. The maximum atomic E-state index is 6.20. The molecular formula is C14H16N4OS2. The van der Waals surface area contributed by atoms with Crippen molar-refractivity contribution in [2.24, 2.45) is 5.73 Å². The van der Waals surface area contributed by atoms with Gasteiger partial charge < -0.3 is 15.2 Å². The number of hydrogen-bond donors (Lipinski definition) is 1. The van der Waals surface area contributed by atoms with Gasteiger partial charge in [-0.1, -0.05) is 5.16 Å². The summed E-state index contributed by atoms with van der Waals surface area (Å²) in [6.07, 6.45) is 2.52. The fourth-order valence-corrected chi connectivity index (χ4v) is 4.71. The van der Waals surface area contributed by atoms with E-state index in [0.29, 0.717) is 11.7 Å². The molecule has 4 rings (SSSR count). The molecule has 0 amide bonds. The lowest BCUT2D eigenvalue weighted by atomic mass is 10.3. The summed E-state index contributed by atoms with van der Waals surface area (Å²) in [5.41, 5.74) is 6.20. The van der Waals surface area contributed by atoms with E-state index in [-0.39, 0.29) is 6.04 Å². The zero-order valence-corrected chi connectivity index (χ0v) is 13.1. The van der Waals surface area contributed by atoms with Gasteiger partial charge in [0, 0.05) is 15.9 Å². The molecule has 1 atom stereocenters. The Morgan fingerprint density at radius 2 is 2.19 bits per heavy atom. The first-order valence-electron chi connectivity index (χ1n) is 7.08. The minimum atomic E-state index is -0.179. The number of likely N-dealkylation sites (tertiary alicyclic amines) is 1. The van der Waals surface area contributed by atoms with Crippen molar-refractivity contribution in [3.05, 3.63) is 23.3 Å². The Hall–Kier alpha value is -1.28. The van der Waals surface area contributed by atoms with Crippen molar-refractivity contribution in [3.63, 3.8) is 0 Å². The van der Waals surface area contributed by atoms with Crippen LogP contribution in [0.2, 0.25) is 0 Å². The zero-order chi connectivity index (χ0) is 14.2. The SMILES string of the molecule is NC(CN1CCCC1)c1noc(-c2cc3sccc3s2)n1. The summed E-state index contributed by atoms with van der Waals surface area (Å²) in [5, 5.41) is 6.15. The van der Waals surface area contributed by atoms with Gasteiger partial charge >= 0.3 is 0 Å². The number of nitrogens with two attached hydrogens (primary N) is 1. The van der Waals surface area contributed by atoms with Crippen molar-refractivity contribution in [1.82, 2.24) is 15.0 Å². The Balaban J connectivity index is 1.53. The van der Waals surface area contributed by atoms with Crippen LogP contribution in [0.15, 0.2) is 22.0 Å². The molecule has 0 aromatic carbocycles. The summed E-state index contributed by atoms with van der Waals surface area (Å²) in [6, 6.07) is 4.04. The average molecular weight is 320 g/mol. The first-order valence-corrected chi connectivity index (χ1v) is 8.78. The molecule has 5 nitrogen and oxygen atoms in total. The van der Waals surface area contributed by atoms with Gasteiger partial charge in [0.05, 0.1) is 10.9 Å². The van der Waals surface area contributed by atoms with Crippen LogP contribution in [-0.2, 0) is 0 Å². The molecule has 1 aliphatic heterocycles. The highest BCUT2D eigenvalue weighted by Crippen LogP contribution is 2.35. The Labute approximate surface area is 130 Å². The van der Waals surface area contributed by atoms with Crippen LogP contribution >= 0.6 is 22.7 Å². The molecule has 0 aliphatic carbocycles. The molecule has 0 spiro atoms. The van der Waals surface area contributed by atoms with E-state index in [0.717, 1.165) is 24.5 Å². The summed E-state index contributed by atoms with van der Waals surface area (Å²) < 4.78 is 7.91. The van der Waals surface area contributed by atoms with E-state index in [2.05, 4.69) is 32.6 Å². The number of rotatable bonds is 4. The van der Waals surface area contributed by atoms with Crippen LogP contribution in [0.1, 0.15) is 24.7 Å². The molecule has 1 aliphatic rings. The van der Waals surface area contributed by atoms with Crippen molar-refractivity contribution in [2.45, 2.75) is 18.9 Å². The molecule has 7 heteroatoms. The topological polar surface area (TPSA) is 68.2 Å². The molecule has 0 saturated carbocycles. The fraction of sp³-hybridized carbons (Fsp3) is 0.429. The Morgan fingerprint density at radius 1 is 1.33 bits per heavy atom. The molecule has 3 aromatic heterocycles. The largest absolute Gasteiger partial charge is 0.333 e. The lowest BCUT2D eigenvalue weighted by Crippen LogP contribution is -2.30. The van der Waals surface area contributed by atoms with Crippen LogP contribution in [-0.4, -0.2) is 34.7 Å². The highest BCUT2D eigenvalue weighted by molar-refractivity contribution is 7.28. The van der Waals surface area contributed by atoms with E-state index in [9.17, 15) is 0 Å². The summed E-state index contributed by atoms with van der Waals surface area (Å²) in [7, 11) is 0. The minimum Gasteiger partial charge on any atom is -0.333 e. The molecular weight excluding hydrogens is 304 g/mol. The van der Waals surface area contributed by atoms with Gasteiger partial charge in [-0.25, -0.2) is 0 Å². The smallest absolute Gasteiger partial charge is 0.268 e. The molecule has 0 bridgehead atoms. The van der Waals surface area contributed by atoms with Gasteiger partial charge in [0.1, 0.15) is 0 Å². The molecule has 1 saturated heterocycles. The van der Waals surface area contributed by atoms with E-state index >= 15 is 0 Å². The standard InChI is InChI=1S/C14H16N4OS2/c15-9(8-18-4-1-2-5-18)13-16-14(19-17-13)12-7-11-10(21-12)3-6-20-11/h3,6-7,9H,1-2,4-5,8,15H2. The molecule has 3 aromatic rings. The molecule has 21 heavy (non-hydrogen) atoms. The van der Waals surface area contributed by atoms with E-state index in [1.54, 1.807) is 22.7 Å². The van der Waals surface area contributed by atoms with E-state index in [1.165, 1.54) is 22.2 Å². The summed E-state index contributed by atoms with van der Waals surface area (Å²) in [5.74, 6) is 1.18. The molecule has 0 radical (unpaired) electrons. The number of thiophene rings is 2. The maximum Gasteiger partial charge on any atom is 0.268 e. The molecule has 2 N–H and O–H groups in total. The Morgan fingerprint density at radius 3 is 3.00 bits per heavy atom. The molecule has 4 heterocycles. The Bertz CT molecular complexity index is 712. The highest BCUT2D eigenvalue weighted by Gasteiger charge is 2.21. The van der Waals surface area contributed by atoms with Crippen LogP contribution in [0.4, 0.5) is 0 Å². The third-order valence-corrected chi connectivity index (χ3v) is 5.86. The Kier molecular flexibility index (Phi) is 3.50. The van der Waals surface area contributed by atoms with Crippen molar-refractivity contribution >= 4 is 32.1 Å². The van der Waals surface area contributed by atoms with Crippen molar-refractivity contribution in [3.8, 4) is 10.8 Å².